The van der Waals surface area contributed by atoms with Gasteiger partial charge in [-0.05, 0) is 85.6 Å². The molecule has 4 nitrogen and oxygen atoms in total. The first-order chi connectivity index (χ1) is 30.7. The lowest BCUT2D eigenvalue weighted by Gasteiger charge is -2.15. The van der Waals surface area contributed by atoms with Gasteiger partial charge in [0.25, 0.3) is 0 Å². The minimum Gasteiger partial charge on any atom is -0.248 e. The zero-order chi connectivity index (χ0) is 41.2. The molecule has 0 radical (unpaired) electrons. The Labute approximate surface area is 360 Å². The average molecular weight is 791 g/mol. The second kappa shape index (κ2) is 16.0. The highest BCUT2D eigenvalue weighted by atomic mass is 15.0. The van der Waals surface area contributed by atoms with Crippen LogP contribution in [0.4, 0.5) is 0 Å². The second-order valence-corrected chi connectivity index (χ2v) is 15.4. The van der Waals surface area contributed by atoms with Gasteiger partial charge in [-0.1, -0.05) is 200 Å². The van der Waals surface area contributed by atoms with Crippen LogP contribution in [0.3, 0.4) is 0 Å². The fraction of sp³-hybridized carbons (Fsp3) is 0. The van der Waals surface area contributed by atoms with Crippen LogP contribution in [0.1, 0.15) is 0 Å². The van der Waals surface area contributed by atoms with Crippen LogP contribution in [0, 0.1) is 0 Å². The molecular formula is C58H38N4. The maximum absolute atomic E-state index is 5.21. The molecule has 2 aromatic heterocycles. The second-order valence-electron chi connectivity index (χ2n) is 15.4. The molecule has 0 spiro atoms. The molecule has 0 atom stereocenters. The van der Waals surface area contributed by atoms with Crippen molar-refractivity contribution in [1.82, 2.24) is 19.9 Å². The van der Waals surface area contributed by atoms with Crippen molar-refractivity contribution in [1.29, 1.82) is 0 Å². The molecule has 0 saturated heterocycles. The fourth-order valence-electron chi connectivity index (χ4n) is 8.45. The van der Waals surface area contributed by atoms with Gasteiger partial charge in [0.15, 0.2) is 17.5 Å². The van der Waals surface area contributed by atoms with Crippen LogP contribution in [0.15, 0.2) is 231 Å². The lowest BCUT2D eigenvalue weighted by atomic mass is 9.91. The van der Waals surface area contributed by atoms with Gasteiger partial charge in [-0.3, -0.25) is 0 Å². The number of pyridine rings is 1. The van der Waals surface area contributed by atoms with Gasteiger partial charge in [0.05, 0.1) is 11.2 Å². The van der Waals surface area contributed by atoms with Crippen molar-refractivity contribution in [2.45, 2.75) is 0 Å². The first-order valence-electron chi connectivity index (χ1n) is 20.9. The van der Waals surface area contributed by atoms with E-state index in [-0.39, 0.29) is 0 Å². The lowest BCUT2D eigenvalue weighted by molar-refractivity contribution is 1.07. The Kier molecular flexibility index (Phi) is 9.49. The summed E-state index contributed by atoms with van der Waals surface area (Å²) in [5.74, 6) is 1.86. The van der Waals surface area contributed by atoms with Gasteiger partial charge in [0.1, 0.15) is 0 Å². The molecule has 290 valence electrons. The van der Waals surface area contributed by atoms with Crippen molar-refractivity contribution < 1.29 is 0 Å². The average Bonchev–Trinajstić information content (AvgIpc) is 3.37. The molecule has 0 unspecified atom stereocenters. The summed E-state index contributed by atoms with van der Waals surface area (Å²) >= 11 is 0. The molecule has 4 heteroatoms. The molecule has 11 rings (SSSR count). The first kappa shape index (κ1) is 36.7. The number of nitrogens with zero attached hydrogens (tertiary/aromatic N) is 4. The Morgan fingerprint density at radius 3 is 1.23 bits per heavy atom. The topological polar surface area (TPSA) is 51.6 Å². The molecule has 0 aliphatic heterocycles. The molecule has 0 amide bonds. The molecule has 11 aromatic rings. The van der Waals surface area contributed by atoms with Gasteiger partial charge in [0, 0.05) is 27.6 Å². The van der Waals surface area contributed by atoms with Crippen molar-refractivity contribution in [2.75, 3.05) is 0 Å². The quantitative estimate of drug-likeness (QED) is 0.144. The zero-order valence-corrected chi connectivity index (χ0v) is 33.7. The van der Waals surface area contributed by atoms with E-state index < -0.39 is 0 Å². The van der Waals surface area contributed by atoms with E-state index in [9.17, 15) is 0 Å². The van der Waals surface area contributed by atoms with Gasteiger partial charge in [0.2, 0.25) is 0 Å². The van der Waals surface area contributed by atoms with E-state index in [1.807, 2.05) is 48.5 Å². The van der Waals surface area contributed by atoms with E-state index in [0.717, 1.165) is 88.7 Å². The number of benzene rings is 9. The summed E-state index contributed by atoms with van der Waals surface area (Å²) in [5, 5.41) is 3.47. The van der Waals surface area contributed by atoms with Gasteiger partial charge < -0.3 is 0 Å². The summed E-state index contributed by atoms with van der Waals surface area (Å²) in [4.78, 5) is 20.6. The third kappa shape index (κ3) is 7.10. The molecule has 0 fully saturated rings. The highest BCUT2D eigenvalue weighted by Gasteiger charge is 2.17. The van der Waals surface area contributed by atoms with E-state index in [4.69, 9.17) is 19.9 Å². The third-order valence-electron chi connectivity index (χ3n) is 11.5. The van der Waals surface area contributed by atoms with E-state index in [1.165, 1.54) is 5.39 Å². The Morgan fingerprint density at radius 2 is 0.661 bits per heavy atom. The van der Waals surface area contributed by atoms with Gasteiger partial charge in [-0.25, -0.2) is 19.9 Å². The lowest BCUT2D eigenvalue weighted by Crippen LogP contribution is -2.00. The molecule has 2 heterocycles. The Hall–Kier alpha value is -8.34. The van der Waals surface area contributed by atoms with Crippen LogP contribution < -0.4 is 0 Å². The number of hydrogen-bond donors (Lipinski definition) is 0. The minimum absolute atomic E-state index is 0.614. The van der Waals surface area contributed by atoms with Crippen molar-refractivity contribution in [2.24, 2.45) is 0 Å². The largest absolute Gasteiger partial charge is 0.248 e. The van der Waals surface area contributed by atoms with Crippen LogP contribution in [0.25, 0.3) is 112 Å². The standard InChI is InChI=1S/C58H38N4/c1-6-17-39(18-7-1)46-35-47(40-19-8-2-9-20-40)37-48(36-46)58-61-56(44-25-14-5-15-26-44)60-57(62-58)45-31-29-42(30-32-45)49-27-16-28-51-50(49)33-34-53-55(51)52(41-21-10-3-11-22-41)38-54(59-53)43-23-12-4-13-24-43/h1-38H. The van der Waals surface area contributed by atoms with Crippen LogP contribution in [0.5, 0.6) is 0 Å². The number of rotatable bonds is 8. The summed E-state index contributed by atoms with van der Waals surface area (Å²) in [6.45, 7) is 0. The van der Waals surface area contributed by atoms with Crippen molar-refractivity contribution in [3.8, 4) is 89.9 Å². The number of aromatic nitrogens is 4. The van der Waals surface area contributed by atoms with E-state index in [0.29, 0.717) is 17.5 Å². The van der Waals surface area contributed by atoms with Crippen molar-refractivity contribution >= 4 is 21.7 Å². The van der Waals surface area contributed by atoms with E-state index in [1.54, 1.807) is 0 Å². The first-order valence-corrected chi connectivity index (χ1v) is 20.9. The third-order valence-corrected chi connectivity index (χ3v) is 11.5. The molecule has 0 aliphatic rings. The predicted molar refractivity (Wildman–Crippen MR) is 256 cm³/mol. The normalized spacial score (nSPS) is 11.2. The summed E-state index contributed by atoms with van der Waals surface area (Å²) in [5.41, 5.74) is 14.8. The Balaban J connectivity index is 1.03. The zero-order valence-electron chi connectivity index (χ0n) is 33.7. The van der Waals surface area contributed by atoms with E-state index in [2.05, 4.69) is 182 Å². The maximum Gasteiger partial charge on any atom is 0.164 e. The van der Waals surface area contributed by atoms with Crippen molar-refractivity contribution in [3.05, 3.63) is 231 Å². The van der Waals surface area contributed by atoms with Gasteiger partial charge >= 0.3 is 0 Å². The minimum atomic E-state index is 0.614. The maximum atomic E-state index is 5.21. The summed E-state index contributed by atoms with van der Waals surface area (Å²) in [6, 6.07) is 80.6. The molecule has 62 heavy (non-hydrogen) atoms. The molecule has 0 N–H and O–H groups in total. The molecule has 0 bridgehead atoms. The Morgan fingerprint density at radius 1 is 0.226 bits per heavy atom. The van der Waals surface area contributed by atoms with Gasteiger partial charge in [-0.2, -0.15) is 0 Å². The predicted octanol–water partition coefficient (Wildman–Crippen LogP) is 14.9. The number of fused-ring (bicyclic) bond motifs is 3. The highest BCUT2D eigenvalue weighted by molar-refractivity contribution is 6.17. The summed E-state index contributed by atoms with van der Waals surface area (Å²) < 4.78 is 0. The summed E-state index contributed by atoms with van der Waals surface area (Å²) in [7, 11) is 0. The van der Waals surface area contributed by atoms with Crippen LogP contribution in [-0.2, 0) is 0 Å². The van der Waals surface area contributed by atoms with Gasteiger partial charge in [-0.15, -0.1) is 0 Å². The molecular weight excluding hydrogens is 753 g/mol. The SMILES string of the molecule is c1ccc(-c2cc(-c3ccccc3)cc(-c3nc(-c4ccccc4)nc(-c4ccc(-c5cccc6c5ccc5nc(-c7ccccc7)cc(-c7ccccc7)c56)cc4)n3)c2)cc1. The Bertz CT molecular complexity index is 3300. The van der Waals surface area contributed by atoms with Crippen LogP contribution >= 0.6 is 0 Å². The summed E-state index contributed by atoms with van der Waals surface area (Å²) in [6.07, 6.45) is 0. The molecule has 9 aromatic carbocycles. The monoisotopic (exact) mass is 790 g/mol. The van der Waals surface area contributed by atoms with Crippen LogP contribution in [-0.4, -0.2) is 19.9 Å². The fourth-order valence-corrected chi connectivity index (χ4v) is 8.45. The number of hydrogen-bond acceptors (Lipinski definition) is 4. The van der Waals surface area contributed by atoms with Crippen LogP contribution in [0.2, 0.25) is 0 Å². The smallest absolute Gasteiger partial charge is 0.164 e. The van der Waals surface area contributed by atoms with E-state index >= 15 is 0 Å². The molecule has 0 saturated carbocycles. The molecule has 0 aliphatic carbocycles. The van der Waals surface area contributed by atoms with Crippen molar-refractivity contribution in [3.63, 3.8) is 0 Å². The highest BCUT2D eigenvalue weighted by Crippen LogP contribution is 2.40.